The molecule has 2 N–H and O–H groups in total. The minimum absolute atomic E-state index is 0.0134. The molecule has 17 heavy (non-hydrogen) atoms. The first-order valence-corrected chi connectivity index (χ1v) is 5.56. The van der Waals surface area contributed by atoms with Crippen molar-refractivity contribution < 1.29 is 4.79 Å². The summed E-state index contributed by atoms with van der Waals surface area (Å²) in [6.07, 6.45) is 2.59. The number of H-pyrrole nitrogens is 1. The molecule has 0 aliphatic rings. The first kappa shape index (κ1) is 11.3. The summed E-state index contributed by atoms with van der Waals surface area (Å²) in [4.78, 5) is 13.8. The molecule has 3 heteroatoms. The van der Waals surface area contributed by atoms with Gasteiger partial charge < -0.3 is 10.3 Å². The van der Waals surface area contributed by atoms with Gasteiger partial charge in [-0.25, -0.2) is 0 Å². The van der Waals surface area contributed by atoms with Crippen LogP contribution in [0.25, 0.3) is 10.9 Å². The number of hydrogen-bond donors (Lipinski definition) is 2. The predicted molar refractivity (Wildman–Crippen MR) is 68.5 cm³/mol. The average molecular weight is 226 g/mol. The first-order valence-electron chi connectivity index (χ1n) is 5.56. The fraction of sp³-hybridized carbons (Fsp3) is 0.214. The number of carbonyl (C=O) groups excluding carboxylic acids is 1. The number of rotatable bonds is 2. The van der Waals surface area contributed by atoms with Crippen LogP contribution in [0.4, 0.5) is 0 Å². The monoisotopic (exact) mass is 226 g/mol. The summed E-state index contributed by atoms with van der Waals surface area (Å²) >= 11 is 0. The van der Waals surface area contributed by atoms with Gasteiger partial charge in [-0.05, 0) is 24.3 Å². The van der Waals surface area contributed by atoms with Crippen LogP contribution < -0.4 is 5.32 Å². The van der Waals surface area contributed by atoms with E-state index < -0.39 is 0 Å². The molecule has 0 bridgehead atoms. The van der Waals surface area contributed by atoms with Gasteiger partial charge in [0.05, 0.1) is 0 Å². The van der Waals surface area contributed by atoms with Gasteiger partial charge in [-0.15, -0.1) is 0 Å². The Morgan fingerprint density at radius 2 is 2.29 bits per heavy atom. The minimum atomic E-state index is -0.0134. The van der Waals surface area contributed by atoms with Gasteiger partial charge in [-0.2, -0.15) is 0 Å². The third-order valence-electron chi connectivity index (χ3n) is 2.41. The second kappa shape index (κ2) is 5.22. The summed E-state index contributed by atoms with van der Waals surface area (Å²) < 4.78 is 0. The highest BCUT2D eigenvalue weighted by Gasteiger charge is 1.93. The van der Waals surface area contributed by atoms with Crippen molar-refractivity contribution >= 4 is 16.8 Å². The van der Waals surface area contributed by atoms with Gasteiger partial charge in [0.25, 0.3) is 0 Å². The molecule has 0 saturated carbocycles. The maximum absolute atomic E-state index is 10.6. The largest absolute Gasteiger partial charge is 0.361 e. The van der Waals surface area contributed by atoms with Crippen molar-refractivity contribution in [3.63, 3.8) is 0 Å². The molecule has 1 aromatic carbocycles. The lowest BCUT2D eigenvalue weighted by Crippen LogP contribution is -2.20. The number of hydrogen-bond acceptors (Lipinski definition) is 1. The minimum Gasteiger partial charge on any atom is -0.361 e. The molecular weight excluding hydrogens is 212 g/mol. The molecule has 2 aromatic rings. The molecule has 1 heterocycles. The standard InChI is InChI=1S/C14H14N2O/c1-11(17)15-8-3-2-4-12-5-6-14-13(10-12)7-9-16-14/h5-7,9-10,16H,3,8H2,1H3,(H,15,17). The maximum atomic E-state index is 10.6. The molecule has 0 atom stereocenters. The van der Waals surface area contributed by atoms with Crippen molar-refractivity contribution in [1.29, 1.82) is 0 Å². The lowest BCUT2D eigenvalue weighted by Gasteiger charge is -1.95. The third-order valence-corrected chi connectivity index (χ3v) is 2.41. The lowest BCUT2D eigenvalue weighted by atomic mass is 10.1. The molecule has 0 unspecified atom stereocenters. The van der Waals surface area contributed by atoms with Gasteiger partial charge in [-0.1, -0.05) is 11.8 Å². The smallest absolute Gasteiger partial charge is 0.216 e. The summed E-state index contributed by atoms with van der Waals surface area (Å²) in [7, 11) is 0. The van der Waals surface area contributed by atoms with Crippen LogP contribution in [-0.2, 0) is 4.79 Å². The Morgan fingerprint density at radius 1 is 1.41 bits per heavy atom. The summed E-state index contributed by atoms with van der Waals surface area (Å²) in [5.41, 5.74) is 2.12. The van der Waals surface area contributed by atoms with Crippen LogP contribution in [0.15, 0.2) is 30.5 Å². The van der Waals surface area contributed by atoms with Crippen LogP contribution in [-0.4, -0.2) is 17.4 Å². The normalized spacial score (nSPS) is 9.71. The number of fused-ring (bicyclic) bond motifs is 1. The van der Waals surface area contributed by atoms with Crippen LogP contribution in [0.3, 0.4) is 0 Å². The predicted octanol–water partition coefficient (Wildman–Crippen LogP) is 2.05. The van der Waals surface area contributed by atoms with Crippen LogP contribution in [0.1, 0.15) is 18.9 Å². The van der Waals surface area contributed by atoms with E-state index in [1.54, 1.807) is 0 Å². The Balaban J connectivity index is 1.98. The van der Waals surface area contributed by atoms with E-state index in [0.717, 1.165) is 11.1 Å². The number of carbonyl (C=O) groups is 1. The van der Waals surface area contributed by atoms with Crippen molar-refractivity contribution in [1.82, 2.24) is 10.3 Å². The van der Waals surface area contributed by atoms with Gasteiger partial charge in [0.15, 0.2) is 0 Å². The molecule has 1 amide bonds. The van der Waals surface area contributed by atoms with E-state index >= 15 is 0 Å². The molecule has 2 rings (SSSR count). The quantitative estimate of drug-likeness (QED) is 0.597. The SMILES string of the molecule is CC(=O)NCCC#Cc1ccc2[nH]ccc2c1. The Labute approximate surface area is 100 Å². The van der Waals surface area contributed by atoms with Crippen molar-refractivity contribution in [3.05, 3.63) is 36.0 Å². The number of aromatic nitrogens is 1. The molecule has 3 nitrogen and oxygen atoms in total. The Kier molecular flexibility index (Phi) is 3.46. The van der Waals surface area contributed by atoms with Gasteiger partial charge in [0, 0.05) is 42.6 Å². The lowest BCUT2D eigenvalue weighted by molar-refractivity contribution is -0.118. The van der Waals surface area contributed by atoms with Crippen LogP contribution >= 0.6 is 0 Å². The molecule has 0 spiro atoms. The first-order chi connectivity index (χ1) is 8.25. The fourth-order valence-corrected chi connectivity index (χ4v) is 1.60. The summed E-state index contributed by atoms with van der Waals surface area (Å²) in [5.74, 6) is 6.11. The van der Waals surface area contributed by atoms with Crippen molar-refractivity contribution in [2.45, 2.75) is 13.3 Å². The van der Waals surface area contributed by atoms with Crippen LogP contribution in [0.2, 0.25) is 0 Å². The Hall–Kier alpha value is -2.21. The zero-order valence-corrected chi connectivity index (χ0v) is 9.71. The number of benzene rings is 1. The highest BCUT2D eigenvalue weighted by Crippen LogP contribution is 2.13. The molecule has 86 valence electrons. The number of amides is 1. The van der Waals surface area contributed by atoms with Crippen LogP contribution in [0.5, 0.6) is 0 Å². The van der Waals surface area contributed by atoms with E-state index in [1.807, 2.05) is 24.4 Å². The van der Waals surface area contributed by atoms with E-state index in [-0.39, 0.29) is 5.91 Å². The average Bonchev–Trinajstić information content (AvgIpc) is 2.75. The van der Waals surface area contributed by atoms with E-state index in [0.29, 0.717) is 13.0 Å². The highest BCUT2D eigenvalue weighted by atomic mass is 16.1. The van der Waals surface area contributed by atoms with Crippen LogP contribution in [0, 0.1) is 11.8 Å². The molecule has 0 aliphatic heterocycles. The highest BCUT2D eigenvalue weighted by molar-refractivity contribution is 5.80. The summed E-state index contributed by atoms with van der Waals surface area (Å²) in [6, 6.07) is 8.09. The molecule has 0 saturated heterocycles. The second-order valence-electron chi connectivity index (χ2n) is 3.81. The van der Waals surface area contributed by atoms with Crippen molar-refractivity contribution in [3.8, 4) is 11.8 Å². The van der Waals surface area contributed by atoms with Gasteiger partial charge in [0.2, 0.25) is 5.91 Å². The second-order valence-corrected chi connectivity index (χ2v) is 3.81. The number of nitrogens with one attached hydrogen (secondary N) is 2. The van der Waals surface area contributed by atoms with E-state index in [2.05, 4.69) is 28.2 Å². The maximum Gasteiger partial charge on any atom is 0.216 e. The summed E-state index contributed by atoms with van der Waals surface area (Å²) in [5, 5.41) is 3.88. The van der Waals surface area contributed by atoms with E-state index in [4.69, 9.17) is 0 Å². The Bertz CT molecular complexity index is 587. The van der Waals surface area contributed by atoms with E-state index in [1.165, 1.54) is 12.3 Å². The molecule has 0 aliphatic carbocycles. The van der Waals surface area contributed by atoms with Crippen molar-refractivity contribution in [2.24, 2.45) is 0 Å². The van der Waals surface area contributed by atoms with Gasteiger partial charge >= 0.3 is 0 Å². The fourth-order valence-electron chi connectivity index (χ4n) is 1.60. The third kappa shape index (κ3) is 3.12. The molecule has 1 aromatic heterocycles. The van der Waals surface area contributed by atoms with Gasteiger partial charge in [0.1, 0.15) is 0 Å². The zero-order chi connectivity index (χ0) is 12.1. The molecular formula is C14H14N2O. The van der Waals surface area contributed by atoms with Gasteiger partial charge in [-0.3, -0.25) is 4.79 Å². The zero-order valence-electron chi connectivity index (χ0n) is 9.71. The van der Waals surface area contributed by atoms with Crippen molar-refractivity contribution in [2.75, 3.05) is 6.54 Å². The molecule has 0 radical (unpaired) electrons. The topological polar surface area (TPSA) is 44.9 Å². The summed E-state index contributed by atoms with van der Waals surface area (Å²) in [6.45, 7) is 2.11. The molecule has 0 fully saturated rings. The number of aromatic amines is 1. The van der Waals surface area contributed by atoms with E-state index in [9.17, 15) is 4.79 Å². The Morgan fingerprint density at radius 3 is 3.12 bits per heavy atom.